The second-order valence-electron chi connectivity index (χ2n) is 5.45. The molecule has 12 heteroatoms. The molecule has 0 radical (unpaired) electrons. The van der Waals surface area contributed by atoms with E-state index in [9.17, 15) is 28.8 Å². The Hall–Kier alpha value is -3.18. The summed E-state index contributed by atoms with van der Waals surface area (Å²) in [6, 6.07) is 0. The third-order valence-electron chi connectivity index (χ3n) is 2.91. The smallest absolute Gasteiger partial charge is 0.304 e. The molecule has 0 rings (SSSR count). The summed E-state index contributed by atoms with van der Waals surface area (Å²) < 4.78 is 24.7. The Bertz CT molecular complexity index is 587. The van der Waals surface area contributed by atoms with E-state index < -0.39 is 60.9 Å². The summed E-state index contributed by atoms with van der Waals surface area (Å²) in [7, 11) is 0. The van der Waals surface area contributed by atoms with Crippen molar-refractivity contribution in [1.82, 2.24) is 5.32 Å². The summed E-state index contributed by atoms with van der Waals surface area (Å²) in [5.41, 5.74) is 0. The van der Waals surface area contributed by atoms with E-state index >= 15 is 0 Å². The molecule has 12 nitrogen and oxygen atoms in total. The molecule has 0 aliphatic carbocycles. The molecule has 0 aliphatic heterocycles. The van der Waals surface area contributed by atoms with Crippen LogP contribution in [0.4, 0.5) is 0 Å². The first-order valence-electron chi connectivity index (χ1n) is 7.99. The van der Waals surface area contributed by atoms with Gasteiger partial charge in [0, 0.05) is 34.6 Å². The lowest BCUT2D eigenvalue weighted by molar-refractivity contribution is -0.202. The first-order chi connectivity index (χ1) is 13.0. The molecule has 0 aromatic carbocycles. The molecule has 1 amide bonds. The second-order valence-corrected chi connectivity index (χ2v) is 5.45. The monoisotopic (exact) mass is 405 g/mol. The number of esters is 4. The van der Waals surface area contributed by atoms with Crippen molar-refractivity contribution < 1.29 is 52.5 Å². The highest BCUT2D eigenvalue weighted by atomic mass is 16.6. The largest absolute Gasteiger partial charge is 0.462 e. The standard InChI is InChI=1S/C16H23NO11/c1-8(19)17-16(28-12(5)23)15(27-11(4)22)14(26-10(3)21)13(25-7-18)6-24-9(2)20/h7,13-16H,6H2,1-5H3,(H,17,19)/t13-,14-,15+,16?/m1/s1. The lowest BCUT2D eigenvalue weighted by Crippen LogP contribution is -2.57. The van der Waals surface area contributed by atoms with E-state index in [0.717, 1.165) is 34.6 Å². The van der Waals surface area contributed by atoms with Gasteiger partial charge in [0.1, 0.15) is 6.61 Å². The van der Waals surface area contributed by atoms with Gasteiger partial charge in [-0.15, -0.1) is 0 Å². The van der Waals surface area contributed by atoms with Crippen molar-refractivity contribution in [1.29, 1.82) is 0 Å². The van der Waals surface area contributed by atoms with Crippen LogP contribution in [0.1, 0.15) is 34.6 Å². The van der Waals surface area contributed by atoms with Crippen molar-refractivity contribution in [2.75, 3.05) is 6.61 Å². The third-order valence-corrected chi connectivity index (χ3v) is 2.91. The van der Waals surface area contributed by atoms with Crippen molar-refractivity contribution in [3.8, 4) is 0 Å². The van der Waals surface area contributed by atoms with E-state index in [1.54, 1.807) is 0 Å². The maximum Gasteiger partial charge on any atom is 0.304 e. The SMILES string of the molecule is CC(=O)NC(OC(C)=O)[C@@H](OC(C)=O)[C@H](OC(C)=O)[C@@H](COC(C)=O)OC=O. The minimum Gasteiger partial charge on any atom is -0.462 e. The molecule has 0 fully saturated rings. The Morgan fingerprint density at radius 1 is 0.786 bits per heavy atom. The van der Waals surface area contributed by atoms with Gasteiger partial charge in [-0.1, -0.05) is 0 Å². The Morgan fingerprint density at radius 2 is 1.29 bits per heavy atom. The zero-order valence-corrected chi connectivity index (χ0v) is 16.1. The fraction of sp³-hybridized carbons (Fsp3) is 0.625. The second kappa shape index (κ2) is 12.3. The van der Waals surface area contributed by atoms with Crippen LogP contribution < -0.4 is 5.32 Å². The molecule has 0 spiro atoms. The van der Waals surface area contributed by atoms with Crippen LogP contribution in [0.2, 0.25) is 0 Å². The van der Waals surface area contributed by atoms with Gasteiger partial charge in [-0.25, -0.2) is 0 Å². The number of hydrogen-bond acceptors (Lipinski definition) is 11. The maximum absolute atomic E-state index is 11.6. The summed E-state index contributed by atoms with van der Waals surface area (Å²) in [5, 5.41) is 2.23. The molecule has 0 saturated carbocycles. The van der Waals surface area contributed by atoms with Crippen LogP contribution >= 0.6 is 0 Å². The van der Waals surface area contributed by atoms with E-state index in [0.29, 0.717) is 0 Å². The molecule has 0 bridgehead atoms. The summed E-state index contributed by atoms with van der Waals surface area (Å²) in [6.07, 6.45) is -6.27. The van der Waals surface area contributed by atoms with Gasteiger partial charge in [-0.05, 0) is 0 Å². The topological polar surface area (TPSA) is 161 Å². The number of nitrogens with one attached hydrogen (secondary N) is 1. The van der Waals surface area contributed by atoms with Crippen LogP contribution in [0, 0.1) is 0 Å². The zero-order valence-electron chi connectivity index (χ0n) is 16.1. The lowest BCUT2D eigenvalue weighted by atomic mass is 10.1. The van der Waals surface area contributed by atoms with E-state index in [2.05, 4.69) is 5.32 Å². The Morgan fingerprint density at radius 3 is 1.68 bits per heavy atom. The predicted molar refractivity (Wildman–Crippen MR) is 88.0 cm³/mol. The minimum absolute atomic E-state index is 0.00523. The minimum atomic E-state index is -1.63. The van der Waals surface area contributed by atoms with E-state index in [-0.39, 0.29) is 6.47 Å². The van der Waals surface area contributed by atoms with Gasteiger partial charge >= 0.3 is 23.9 Å². The number of hydrogen-bond donors (Lipinski definition) is 1. The van der Waals surface area contributed by atoms with Gasteiger partial charge < -0.3 is 29.0 Å². The molecule has 0 aromatic rings. The lowest BCUT2D eigenvalue weighted by Gasteiger charge is -2.34. The molecule has 0 heterocycles. The average molecular weight is 405 g/mol. The first kappa shape index (κ1) is 24.8. The molecule has 4 atom stereocenters. The van der Waals surface area contributed by atoms with Crippen molar-refractivity contribution in [2.24, 2.45) is 0 Å². The van der Waals surface area contributed by atoms with Gasteiger partial charge in [-0.2, -0.15) is 0 Å². The van der Waals surface area contributed by atoms with Crippen LogP contribution in [-0.2, 0) is 52.5 Å². The highest BCUT2D eigenvalue weighted by molar-refractivity contribution is 5.74. The van der Waals surface area contributed by atoms with Gasteiger partial charge in [0.25, 0.3) is 6.47 Å². The van der Waals surface area contributed by atoms with Crippen molar-refractivity contribution in [3.63, 3.8) is 0 Å². The van der Waals surface area contributed by atoms with Crippen molar-refractivity contribution in [3.05, 3.63) is 0 Å². The number of carbonyl (C=O) groups is 6. The Labute approximate surface area is 160 Å². The van der Waals surface area contributed by atoms with E-state index in [1.807, 2.05) is 0 Å². The molecular weight excluding hydrogens is 382 g/mol. The summed E-state index contributed by atoms with van der Waals surface area (Å²) in [6.45, 7) is 4.66. The van der Waals surface area contributed by atoms with Crippen LogP contribution in [0.15, 0.2) is 0 Å². The van der Waals surface area contributed by atoms with Gasteiger partial charge in [0.15, 0.2) is 18.3 Å². The predicted octanol–water partition coefficient (Wildman–Crippen LogP) is -1.02. The number of ether oxygens (including phenoxy) is 5. The van der Waals surface area contributed by atoms with Gasteiger partial charge in [0.05, 0.1) is 0 Å². The van der Waals surface area contributed by atoms with Crippen LogP contribution in [0.25, 0.3) is 0 Å². The Balaban J connectivity index is 6.08. The third kappa shape index (κ3) is 10.1. The molecule has 0 aromatic heterocycles. The molecule has 0 saturated heterocycles. The maximum atomic E-state index is 11.6. The Kier molecular flexibility index (Phi) is 10.9. The fourth-order valence-corrected chi connectivity index (χ4v) is 2.08. The van der Waals surface area contributed by atoms with E-state index in [4.69, 9.17) is 23.7 Å². The molecule has 28 heavy (non-hydrogen) atoms. The van der Waals surface area contributed by atoms with Crippen molar-refractivity contribution >= 4 is 36.3 Å². The first-order valence-corrected chi connectivity index (χ1v) is 7.99. The fourth-order valence-electron chi connectivity index (χ4n) is 2.08. The van der Waals surface area contributed by atoms with E-state index in [1.165, 1.54) is 0 Å². The molecule has 158 valence electrons. The summed E-state index contributed by atoms with van der Waals surface area (Å²) >= 11 is 0. The molecule has 1 N–H and O–H groups in total. The average Bonchev–Trinajstić information content (AvgIpc) is 2.52. The van der Waals surface area contributed by atoms with Crippen LogP contribution in [0.3, 0.4) is 0 Å². The molecular formula is C16H23NO11. The zero-order chi connectivity index (χ0) is 21.9. The van der Waals surface area contributed by atoms with Gasteiger partial charge in [-0.3, -0.25) is 28.8 Å². The highest BCUT2D eigenvalue weighted by Gasteiger charge is 2.43. The normalized spacial score (nSPS) is 14.3. The quantitative estimate of drug-likeness (QED) is 0.194. The van der Waals surface area contributed by atoms with Crippen LogP contribution in [0.5, 0.6) is 0 Å². The molecule has 1 unspecified atom stereocenters. The van der Waals surface area contributed by atoms with Crippen LogP contribution in [-0.4, -0.2) is 67.4 Å². The number of carbonyl (C=O) groups excluding carboxylic acids is 6. The summed E-state index contributed by atoms with van der Waals surface area (Å²) in [4.78, 5) is 67.9. The number of amides is 1. The molecule has 0 aliphatic rings. The highest BCUT2D eigenvalue weighted by Crippen LogP contribution is 2.18. The number of rotatable bonds is 11. The van der Waals surface area contributed by atoms with Crippen molar-refractivity contribution in [2.45, 2.75) is 59.2 Å². The van der Waals surface area contributed by atoms with Gasteiger partial charge in [0.2, 0.25) is 12.1 Å². The summed E-state index contributed by atoms with van der Waals surface area (Å²) in [5.74, 6) is -4.03.